The molecule has 0 aliphatic heterocycles. The van der Waals surface area contributed by atoms with E-state index in [4.69, 9.17) is 9.88 Å². The monoisotopic (exact) mass is 516 g/mol. The van der Waals surface area contributed by atoms with Gasteiger partial charge in [-0.1, -0.05) is 25.7 Å². The average molecular weight is 516 g/mol. The van der Waals surface area contributed by atoms with Crippen LogP contribution >= 0.6 is 35.3 Å². The Morgan fingerprint density at radius 1 is 1.27 bits per heavy atom. The Bertz CT molecular complexity index is 656. The molecule has 1 aromatic heterocycles. The van der Waals surface area contributed by atoms with Crippen molar-refractivity contribution in [2.45, 2.75) is 55.4 Å². The molecule has 0 unspecified atom stereocenters. The van der Waals surface area contributed by atoms with Crippen molar-refractivity contribution < 1.29 is 13.2 Å². The first-order valence-electron chi connectivity index (χ1n) is 8.66. The Kier molecular flexibility index (Phi) is 11.0. The van der Waals surface area contributed by atoms with Gasteiger partial charge in [-0.2, -0.15) is 0 Å². The fraction of sp³-hybridized carbons (Fsp3) is 0.688. The molecular weight excluding hydrogens is 487 g/mol. The lowest BCUT2D eigenvalue weighted by Gasteiger charge is -2.16. The topological polar surface area (TPSA) is 106 Å². The summed E-state index contributed by atoms with van der Waals surface area (Å²) in [5.41, 5.74) is 0. The molecule has 150 valence electrons. The fourth-order valence-electron chi connectivity index (χ4n) is 2.80. The molecule has 1 saturated carbocycles. The number of ether oxygens (including phenoxy) is 1. The number of thiophene rings is 1. The lowest BCUT2D eigenvalue weighted by atomic mass is 10.1. The highest BCUT2D eigenvalue weighted by Crippen LogP contribution is 2.20. The molecule has 0 amide bonds. The maximum absolute atomic E-state index is 11.3. The zero-order valence-electron chi connectivity index (χ0n) is 15.1. The number of nitrogens with two attached hydrogens (primary N) is 1. The van der Waals surface area contributed by atoms with E-state index in [1.54, 1.807) is 13.1 Å². The number of guanidine groups is 1. The molecule has 10 heteroatoms. The molecular formula is C16H29IN4O3S2. The van der Waals surface area contributed by atoms with Crippen LogP contribution in [0.25, 0.3) is 0 Å². The molecule has 1 fully saturated rings. The van der Waals surface area contributed by atoms with Gasteiger partial charge < -0.3 is 15.4 Å². The maximum atomic E-state index is 11.3. The van der Waals surface area contributed by atoms with Gasteiger partial charge in [0.1, 0.15) is 4.21 Å². The zero-order chi connectivity index (χ0) is 18.1. The number of nitrogens with one attached hydrogen (secondary N) is 2. The van der Waals surface area contributed by atoms with E-state index in [1.165, 1.54) is 31.7 Å². The Balaban J connectivity index is 0.00000338. The number of sulfonamides is 1. The molecule has 1 aromatic rings. The molecule has 2 rings (SSSR count). The van der Waals surface area contributed by atoms with E-state index in [-0.39, 0.29) is 28.2 Å². The quantitative estimate of drug-likeness (QED) is 0.170. The second-order valence-corrected chi connectivity index (χ2v) is 9.06. The third-order valence-electron chi connectivity index (χ3n) is 4.12. The molecule has 0 bridgehead atoms. The summed E-state index contributed by atoms with van der Waals surface area (Å²) in [7, 11) is -1.93. The SMILES string of the molecule is CN=C(NCCOC1CCCCCC1)NCc1ccc(S(N)(=O)=O)s1.I. The van der Waals surface area contributed by atoms with Gasteiger partial charge in [0, 0.05) is 18.5 Å². The van der Waals surface area contributed by atoms with Gasteiger partial charge in [0.25, 0.3) is 0 Å². The van der Waals surface area contributed by atoms with Crippen molar-refractivity contribution in [1.29, 1.82) is 0 Å². The smallest absolute Gasteiger partial charge is 0.247 e. The normalized spacial score (nSPS) is 16.6. The van der Waals surface area contributed by atoms with Crippen LogP contribution < -0.4 is 15.8 Å². The molecule has 4 N–H and O–H groups in total. The van der Waals surface area contributed by atoms with Gasteiger partial charge in [0.15, 0.2) is 5.96 Å². The van der Waals surface area contributed by atoms with Crippen LogP contribution in [0.2, 0.25) is 0 Å². The van der Waals surface area contributed by atoms with Crippen LogP contribution in [0, 0.1) is 0 Å². The summed E-state index contributed by atoms with van der Waals surface area (Å²) in [6, 6.07) is 3.27. The minimum absolute atomic E-state index is 0. The van der Waals surface area contributed by atoms with Crippen molar-refractivity contribution in [1.82, 2.24) is 10.6 Å². The molecule has 0 radical (unpaired) electrons. The molecule has 0 spiro atoms. The minimum atomic E-state index is -3.63. The van der Waals surface area contributed by atoms with Gasteiger partial charge >= 0.3 is 0 Å². The van der Waals surface area contributed by atoms with Gasteiger partial charge in [-0.15, -0.1) is 35.3 Å². The van der Waals surface area contributed by atoms with Crippen LogP contribution in [-0.2, 0) is 21.3 Å². The van der Waals surface area contributed by atoms with Crippen LogP contribution in [0.4, 0.5) is 0 Å². The molecule has 0 atom stereocenters. The number of hydrogen-bond donors (Lipinski definition) is 3. The summed E-state index contributed by atoms with van der Waals surface area (Å²) in [6.45, 7) is 1.83. The largest absolute Gasteiger partial charge is 0.376 e. The first kappa shape index (κ1) is 23.6. The number of halogens is 1. The van der Waals surface area contributed by atoms with E-state index < -0.39 is 10.0 Å². The van der Waals surface area contributed by atoms with E-state index in [1.807, 2.05) is 0 Å². The summed E-state index contributed by atoms with van der Waals surface area (Å²) in [5, 5.41) is 11.5. The average Bonchev–Trinajstić information content (AvgIpc) is 2.91. The zero-order valence-corrected chi connectivity index (χ0v) is 19.0. The molecule has 26 heavy (non-hydrogen) atoms. The fourth-order valence-corrected chi connectivity index (χ4v) is 4.52. The van der Waals surface area contributed by atoms with E-state index in [2.05, 4.69) is 15.6 Å². The van der Waals surface area contributed by atoms with E-state index in [0.717, 1.165) is 29.1 Å². The highest BCUT2D eigenvalue weighted by molar-refractivity contribution is 14.0. The van der Waals surface area contributed by atoms with Crippen molar-refractivity contribution in [2.75, 3.05) is 20.2 Å². The van der Waals surface area contributed by atoms with Crippen LogP contribution in [-0.4, -0.2) is 40.7 Å². The minimum Gasteiger partial charge on any atom is -0.376 e. The third kappa shape index (κ3) is 8.51. The highest BCUT2D eigenvalue weighted by Gasteiger charge is 2.13. The number of aliphatic imine (C=N–C) groups is 1. The van der Waals surface area contributed by atoms with Crippen molar-refractivity contribution >= 4 is 51.3 Å². The highest BCUT2D eigenvalue weighted by atomic mass is 127. The van der Waals surface area contributed by atoms with Crippen LogP contribution in [0.3, 0.4) is 0 Å². The van der Waals surface area contributed by atoms with Gasteiger partial charge in [-0.05, 0) is 25.0 Å². The molecule has 7 nitrogen and oxygen atoms in total. The number of rotatable bonds is 7. The molecule has 1 aliphatic rings. The summed E-state index contributed by atoms with van der Waals surface area (Å²) < 4.78 is 28.7. The summed E-state index contributed by atoms with van der Waals surface area (Å²) in [5.74, 6) is 0.662. The van der Waals surface area contributed by atoms with Gasteiger partial charge in [-0.3, -0.25) is 4.99 Å². The molecule has 1 heterocycles. The maximum Gasteiger partial charge on any atom is 0.247 e. The van der Waals surface area contributed by atoms with Gasteiger partial charge in [-0.25, -0.2) is 13.6 Å². The standard InChI is InChI=1S/C16H28N4O3S2.HI/c1-18-16(19-10-11-23-13-6-4-2-3-5-7-13)20-12-14-8-9-15(24-14)25(17,21)22;/h8-9,13H,2-7,10-12H2,1H3,(H2,17,21,22)(H2,18,19,20);1H. The lowest BCUT2D eigenvalue weighted by molar-refractivity contribution is 0.0468. The van der Waals surface area contributed by atoms with E-state index in [0.29, 0.717) is 31.8 Å². The predicted octanol–water partition coefficient (Wildman–Crippen LogP) is 2.42. The molecule has 0 saturated heterocycles. The van der Waals surface area contributed by atoms with Crippen LogP contribution in [0.5, 0.6) is 0 Å². The van der Waals surface area contributed by atoms with Crippen molar-refractivity contribution in [2.24, 2.45) is 10.1 Å². The van der Waals surface area contributed by atoms with Gasteiger partial charge in [0.2, 0.25) is 10.0 Å². The van der Waals surface area contributed by atoms with E-state index >= 15 is 0 Å². The summed E-state index contributed by atoms with van der Waals surface area (Å²) in [6.07, 6.45) is 7.90. The van der Waals surface area contributed by atoms with Crippen molar-refractivity contribution in [3.05, 3.63) is 17.0 Å². The second-order valence-electron chi connectivity index (χ2n) is 6.10. The van der Waals surface area contributed by atoms with Crippen LogP contribution in [0.1, 0.15) is 43.4 Å². The second kappa shape index (κ2) is 12.1. The Morgan fingerprint density at radius 3 is 2.54 bits per heavy atom. The Hall–Kier alpha value is -0.430. The van der Waals surface area contributed by atoms with Crippen molar-refractivity contribution in [3.8, 4) is 0 Å². The predicted molar refractivity (Wildman–Crippen MR) is 117 cm³/mol. The lowest BCUT2D eigenvalue weighted by Crippen LogP contribution is -2.38. The van der Waals surface area contributed by atoms with E-state index in [9.17, 15) is 8.42 Å². The third-order valence-corrected chi connectivity index (χ3v) is 6.65. The van der Waals surface area contributed by atoms with Crippen LogP contribution in [0.15, 0.2) is 21.3 Å². The van der Waals surface area contributed by atoms with Crippen molar-refractivity contribution in [3.63, 3.8) is 0 Å². The first-order valence-corrected chi connectivity index (χ1v) is 11.0. The first-order chi connectivity index (χ1) is 12.0. The summed E-state index contributed by atoms with van der Waals surface area (Å²) in [4.78, 5) is 5.04. The summed E-state index contributed by atoms with van der Waals surface area (Å²) >= 11 is 1.16. The number of primary sulfonamides is 1. The Labute approximate surface area is 177 Å². The number of nitrogens with zero attached hydrogens (tertiary/aromatic N) is 1. The van der Waals surface area contributed by atoms with Gasteiger partial charge in [0.05, 0.1) is 19.3 Å². The molecule has 0 aromatic carbocycles. The molecule has 1 aliphatic carbocycles. The Morgan fingerprint density at radius 2 is 1.96 bits per heavy atom. The number of hydrogen-bond acceptors (Lipinski definition) is 5.